The summed E-state index contributed by atoms with van der Waals surface area (Å²) in [5, 5.41) is 4.45. The van der Waals surface area contributed by atoms with Crippen molar-refractivity contribution in [2.75, 3.05) is 18.4 Å². The van der Waals surface area contributed by atoms with E-state index in [1.165, 1.54) is 0 Å². The second-order valence-corrected chi connectivity index (χ2v) is 6.91. The summed E-state index contributed by atoms with van der Waals surface area (Å²) >= 11 is 0. The number of nitrogens with zero attached hydrogens (tertiary/aromatic N) is 3. The van der Waals surface area contributed by atoms with Gasteiger partial charge in [0.25, 0.3) is 5.91 Å². The first-order valence-electron chi connectivity index (χ1n) is 9.07. The maximum absolute atomic E-state index is 12.7. The van der Waals surface area contributed by atoms with Crippen molar-refractivity contribution in [2.24, 2.45) is 5.92 Å². The summed E-state index contributed by atoms with van der Waals surface area (Å²) in [4.78, 5) is 23.4. The van der Waals surface area contributed by atoms with Crippen LogP contribution >= 0.6 is 0 Å². The van der Waals surface area contributed by atoms with Gasteiger partial charge in [-0.25, -0.2) is 0 Å². The van der Waals surface area contributed by atoms with Gasteiger partial charge < -0.3 is 10.2 Å². The van der Waals surface area contributed by atoms with Gasteiger partial charge in [-0.1, -0.05) is 25.1 Å². The molecule has 2 aromatic heterocycles. The third-order valence-corrected chi connectivity index (χ3v) is 4.96. The fraction of sp³-hybridized carbons (Fsp3) is 0.286. The van der Waals surface area contributed by atoms with Gasteiger partial charge in [0.05, 0.1) is 11.2 Å². The van der Waals surface area contributed by atoms with Crippen molar-refractivity contribution in [2.45, 2.75) is 19.8 Å². The molecule has 0 atom stereocenters. The molecule has 1 aliphatic rings. The number of piperidine rings is 1. The number of rotatable bonds is 3. The van der Waals surface area contributed by atoms with Gasteiger partial charge in [-0.2, -0.15) is 0 Å². The predicted molar refractivity (Wildman–Crippen MR) is 104 cm³/mol. The molecule has 3 heterocycles. The van der Waals surface area contributed by atoms with Gasteiger partial charge in [0, 0.05) is 36.6 Å². The smallest absolute Gasteiger partial charge is 0.272 e. The van der Waals surface area contributed by atoms with E-state index in [0.29, 0.717) is 11.6 Å². The minimum Gasteiger partial charge on any atom is -0.354 e. The number of amides is 1. The number of benzene rings is 1. The lowest BCUT2D eigenvalue weighted by Crippen LogP contribution is -2.38. The third kappa shape index (κ3) is 3.38. The molecule has 26 heavy (non-hydrogen) atoms. The number of hydrogen-bond acceptors (Lipinski definition) is 4. The number of pyridine rings is 2. The monoisotopic (exact) mass is 346 g/mol. The highest BCUT2D eigenvalue weighted by Crippen LogP contribution is 2.25. The highest BCUT2D eigenvalue weighted by Gasteiger charge is 2.22. The Balaban J connectivity index is 1.57. The number of hydrogen-bond donors (Lipinski definition) is 1. The molecule has 1 fully saturated rings. The number of anilines is 2. The molecule has 0 spiro atoms. The fourth-order valence-corrected chi connectivity index (χ4v) is 3.36. The van der Waals surface area contributed by atoms with Gasteiger partial charge in [0.2, 0.25) is 0 Å². The van der Waals surface area contributed by atoms with E-state index >= 15 is 0 Å². The van der Waals surface area contributed by atoms with E-state index < -0.39 is 0 Å². The van der Waals surface area contributed by atoms with Crippen molar-refractivity contribution < 1.29 is 4.79 Å². The van der Waals surface area contributed by atoms with Gasteiger partial charge in [0.15, 0.2) is 0 Å². The van der Waals surface area contributed by atoms with E-state index in [-0.39, 0.29) is 5.91 Å². The van der Waals surface area contributed by atoms with Crippen LogP contribution in [0.1, 0.15) is 30.3 Å². The molecular weight excluding hydrogens is 324 g/mol. The quantitative estimate of drug-likeness (QED) is 0.770. The number of carbonyl (C=O) groups excluding carboxylic acids is 1. The topological polar surface area (TPSA) is 58.1 Å². The Hall–Kier alpha value is -2.95. The van der Waals surface area contributed by atoms with Crippen molar-refractivity contribution in [1.82, 2.24) is 14.9 Å². The number of aromatic nitrogens is 2. The third-order valence-electron chi connectivity index (χ3n) is 4.96. The van der Waals surface area contributed by atoms with Gasteiger partial charge in [-0.15, -0.1) is 0 Å². The minimum atomic E-state index is 0.0107. The lowest BCUT2D eigenvalue weighted by atomic mass is 9.99. The summed E-state index contributed by atoms with van der Waals surface area (Å²) in [6, 6.07) is 13.7. The number of likely N-dealkylation sites (tertiary alicyclic amines) is 1. The van der Waals surface area contributed by atoms with Crippen LogP contribution in [0.5, 0.6) is 0 Å². The Kier molecular flexibility index (Phi) is 4.52. The summed E-state index contributed by atoms with van der Waals surface area (Å²) in [6.07, 6.45) is 5.59. The summed E-state index contributed by atoms with van der Waals surface area (Å²) < 4.78 is 0. The number of fused-ring (bicyclic) bond motifs is 1. The Labute approximate surface area is 153 Å². The average molecular weight is 346 g/mol. The molecule has 0 unspecified atom stereocenters. The largest absolute Gasteiger partial charge is 0.354 e. The molecule has 1 amide bonds. The zero-order valence-corrected chi connectivity index (χ0v) is 14.9. The first-order chi connectivity index (χ1) is 12.7. The Morgan fingerprint density at radius 2 is 1.88 bits per heavy atom. The van der Waals surface area contributed by atoms with Gasteiger partial charge in [-0.3, -0.25) is 14.8 Å². The van der Waals surface area contributed by atoms with Crippen LogP contribution in [0.15, 0.2) is 54.9 Å². The summed E-state index contributed by atoms with van der Waals surface area (Å²) in [5.74, 6) is 0.704. The first-order valence-corrected chi connectivity index (χ1v) is 9.07. The normalized spacial score (nSPS) is 15.2. The van der Waals surface area contributed by atoms with E-state index in [1.807, 2.05) is 47.4 Å². The molecule has 1 saturated heterocycles. The van der Waals surface area contributed by atoms with Gasteiger partial charge in [0.1, 0.15) is 5.69 Å². The van der Waals surface area contributed by atoms with E-state index in [0.717, 1.165) is 48.2 Å². The molecule has 1 aromatic carbocycles. The van der Waals surface area contributed by atoms with Crippen LogP contribution in [0.3, 0.4) is 0 Å². The highest BCUT2D eigenvalue weighted by molar-refractivity contribution is 5.95. The second kappa shape index (κ2) is 7.12. The molecule has 0 saturated carbocycles. The van der Waals surface area contributed by atoms with Crippen LogP contribution in [0.2, 0.25) is 0 Å². The van der Waals surface area contributed by atoms with Crippen molar-refractivity contribution >= 4 is 28.2 Å². The van der Waals surface area contributed by atoms with Gasteiger partial charge >= 0.3 is 0 Å². The average Bonchev–Trinajstić information content (AvgIpc) is 2.69. The zero-order valence-electron chi connectivity index (χ0n) is 14.9. The van der Waals surface area contributed by atoms with Crippen LogP contribution in [-0.4, -0.2) is 33.9 Å². The van der Waals surface area contributed by atoms with Crippen molar-refractivity contribution in [1.29, 1.82) is 0 Å². The van der Waals surface area contributed by atoms with E-state index in [2.05, 4.69) is 22.2 Å². The predicted octanol–water partition coefficient (Wildman–Crippen LogP) is 4.25. The molecule has 0 radical (unpaired) electrons. The molecule has 0 aliphatic carbocycles. The van der Waals surface area contributed by atoms with Gasteiger partial charge in [-0.05, 0) is 43.0 Å². The lowest BCUT2D eigenvalue weighted by molar-refractivity contribution is 0.0691. The Morgan fingerprint density at radius 3 is 2.73 bits per heavy atom. The molecule has 4 rings (SSSR count). The summed E-state index contributed by atoms with van der Waals surface area (Å²) in [6.45, 7) is 3.86. The first kappa shape index (κ1) is 16.5. The molecule has 1 aliphatic heterocycles. The van der Waals surface area contributed by atoms with Crippen LogP contribution in [-0.2, 0) is 0 Å². The number of nitrogens with one attached hydrogen (secondary N) is 1. The summed E-state index contributed by atoms with van der Waals surface area (Å²) in [5.41, 5.74) is 3.15. The van der Waals surface area contributed by atoms with Crippen LogP contribution in [0, 0.1) is 5.92 Å². The van der Waals surface area contributed by atoms with E-state index in [4.69, 9.17) is 0 Å². The molecule has 3 aromatic rings. The Bertz CT molecular complexity index is 927. The number of carbonyl (C=O) groups is 1. The highest BCUT2D eigenvalue weighted by atomic mass is 16.2. The molecule has 0 bridgehead atoms. The molecule has 132 valence electrons. The van der Waals surface area contributed by atoms with Crippen LogP contribution < -0.4 is 5.32 Å². The summed E-state index contributed by atoms with van der Waals surface area (Å²) in [7, 11) is 0. The van der Waals surface area contributed by atoms with Crippen molar-refractivity contribution in [3.05, 3.63) is 60.6 Å². The number of para-hydroxylation sites is 1. The second-order valence-electron chi connectivity index (χ2n) is 6.91. The van der Waals surface area contributed by atoms with E-state index in [9.17, 15) is 4.79 Å². The van der Waals surface area contributed by atoms with Crippen LogP contribution in [0.25, 0.3) is 10.9 Å². The molecular formula is C21H22N4O. The maximum Gasteiger partial charge on any atom is 0.272 e. The van der Waals surface area contributed by atoms with Crippen molar-refractivity contribution in [3.63, 3.8) is 0 Å². The maximum atomic E-state index is 12.7. The van der Waals surface area contributed by atoms with E-state index in [1.54, 1.807) is 12.4 Å². The zero-order chi connectivity index (χ0) is 17.9. The standard InChI is InChI=1S/C21H22N4O/c1-15-8-12-25(13-9-15)21(26)19-14-17(7-11-22-19)24-18-6-2-4-16-5-3-10-23-20(16)18/h2-7,10-11,14-15H,8-9,12-13H2,1H3,(H,22,24). The molecule has 5 nitrogen and oxygen atoms in total. The Morgan fingerprint density at radius 1 is 1.08 bits per heavy atom. The minimum absolute atomic E-state index is 0.0107. The van der Waals surface area contributed by atoms with Crippen LogP contribution in [0.4, 0.5) is 11.4 Å². The lowest BCUT2D eigenvalue weighted by Gasteiger charge is -2.30. The van der Waals surface area contributed by atoms with Crippen molar-refractivity contribution in [3.8, 4) is 0 Å². The fourth-order valence-electron chi connectivity index (χ4n) is 3.36. The molecule has 1 N–H and O–H groups in total. The molecule has 5 heteroatoms. The SMILES string of the molecule is CC1CCN(C(=O)c2cc(Nc3cccc4cccnc34)ccn2)CC1.